The molecule has 0 saturated carbocycles. The van der Waals surface area contributed by atoms with Crippen LogP contribution in [0, 0.1) is 0 Å². The first-order valence-corrected chi connectivity index (χ1v) is 7.74. The fourth-order valence-electron chi connectivity index (χ4n) is 2.28. The first-order valence-electron chi connectivity index (χ1n) is 7.74. The van der Waals surface area contributed by atoms with Gasteiger partial charge < -0.3 is 5.73 Å². The summed E-state index contributed by atoms with van der Waals surface area (Å²) >= 11 is 0. The molecule has 1 atom stereocenters. The van der Waals surface area contributed by atoms with Crippen molar-refractivity contribution in [3.63, 3.8) is 0 Å². The van der Waals surface area contributed by atoms with Gasteiger partial charge in [-0.1, -0.05) is 26.7 Å². The van der Waals surface area contributed by atoms with E-state index in [9.17, 15) is 4.79 Å². The molecule has 112 valence electrons. The standard InChI is InChI=1S/C17H28N2O/c1-4-6-12-19(13-7-5-2)14(3)17(20)15-8-10-16(18)11-9-15/h8-11,14H,4-7,12-13,18H2,1-3H3. The lowest BCUT2D eigenvalue weighted by Crippen LogP contribution is -2.40. The summed E-state index contributed by atoms with van der Waals surface area (Å²) in [4.78, 5) is 14.9. The summed E-state index contributed by atoms with van der Waals surface area (Å²) < 4.78 is 0. The van der Waals surface area contributed by atoms with Crippen LogP contribution in [-0.4, -0.2) is 29.8 Å². The third-order valence-electron chi connectivity index (χ3n) is 3.72. The first kappa shape index (κ1) is 16.7. The molecular weight excluding hydrogens is 248 g/mol. The van der Waals surface area contributed by atoms with Crippen LogP contribution in [0.4, 0.5) is 5.69 Å². The minimum absolute atomic E-state index is 0.0586. The molecule has 0 amide bonds. The molecule has 0 radical (unpaired) electrons. The van der Waals surface area contributed by atoms with Crippen molar-refractivity contribution in [2.45, 2.75) is 52.5 Å². The lowest BCUT2D eigenvalue weighted by Gasteiger charge is -2.28. The van der Waals surface area contributed by atoms with Gasteiger partial charge in [0.2, 0.25) is 0 Å². The van der Waals surface area contributed by atoms with Gasteiger partial charge in [-0.15, -0.1) is 0 Å². The van der Waals surface area contributed by atoms with Crippen LogP contribution < -0.4 is 5.73 Å². The van der Waals surface area contributed by atoms with Gasteiger partial charge in [0.05, 0.1) is 6.04 Å². The molecule has 0 aliphatic carbocycles. The zero-order valence-corrected chi connectivity index (χ0v) is 13.1. The predicted octanol–water partition coefficient (Wildman–Crippen LogP) is 3.74. The van der Waals surface area contributed by atoms with Crippen LogP contribution in [-0.2, 0) is 0 Å². The van der Waals surface area contributed by atoms with Crippen molar-refractivity contribution in [1.82, 2.24) is 4.90 Å². The van der Waals surface area contributed by atoms with Crippen molar-refractivity contribution in [2.75, 3.05) is 18.8 Å². The molecule has 0 saturated heterocycles. The Morgan fingerprint density at radius 2 is 1.60 bits per heavy atom. The summed E-state index contributed by atoms with van der Waals surface area (Å²) in [5.74, 6) is 0.192. The predicted molar refractivity (Wildman–Crippen MR) is 86.0 cm³/mol. The number of nitrogen functional groups attached to an aromatic ring is 1. The van der Waals surface area contributed by atoms with E-state index in [4.69, 9.17) is 5.73 Å². The molecule has 0 bridgehead atoms. The number of nitrogens with two attached hydrogens (primary N) is 1. The van der Waals surface area contributed by atoms with Crippen LogP contribution in [0.2, 0.25) is 0 Å². The summed E-state index contributed by atoms with van der Waals surface area (Å²) in [6, 6.07) is 7.18. The summed E-state index contributed by atoms with van der Waals surface area (Å²) in [5, 5.41) is 0. The molecule has 0 spiro atoms. The SMILES string of the molecule is CCCCN(CCCC)C(C)C(=O)c1ccc(N)cc1. The molecule has 20 heavy (non-hydrogen) atoms. The van der Waals surface area contributed by atoms with Crippen LogP contribution in [0.1, 0.15) is 56.8 Å². The molecule has 0 aliphatic heterocycles. The molecule has 2 N–H and O–H groups in total. The Balaban J connectivity index is 2.73. The Morgan fingerprint density at radius 3 is 2.05 bits per heavy atom. The topological polar surface area (TPSA) is 46.3 Å². The fourth-order valence-corrected chi connectivity index (χ4v) is 2.28. The van der Waals surface area contributed by atoms with Crippen molar-refractivity contribution in [3.8, 4) is 0 Å². The lowest BCUT2D eigenvalue weighted by molar-refractivity contribution is 0.0833. The number of hydrogen-bond acceptors (Lipinski definition) is 3. The summed E-state index contributed by atoms with van der Waals surface area (Å²) in [6.07, 6.45) is 4.60. The highest BCUT2D eigenvalue weighted by Crippen LogP contribution is 2.13. The Labute approximate surface area is 123 Å². The maximum atomic E-state index is 12.5. The van der Waals surface area contributed by atoms with Crippen LogP contribution in [0.3, 0.4) is 0 Å². The van der Waals surface area contributed by atoms with Crippen molar-refractivity contribution in [1.29, 1.82) is 0 Å². The molecule has 0 fully saturated rings. The number of carbonyl (C=O) groups is 1. The Hall–Kier alpha value is -1.35. The second-order valence-corrected chi connectivity index (χ2v) is 5.41. The normalized spacial score (nSPS) is 12.6. The van der Waals surface area contributed by atoms with E-state index >= 15 is 0 Å². The highest BCUT2D eigenvalue weighted by atomic mass is 16.1. The van der Waals surface area contributed by atoms with Crippen molar-refractivity contribution >= 4 is 11.5 Å². The number of unbranched alkanes of at least 4 members (excludes halogenated alkanes) is 2. The number of Topliss-reactive ketones (excluding diaryl/α,β-unsaturated/α-hetero) is 1. The van der Waals surface area contributed by atoms with E-state index < -0.39 is 0 Å². The second-order valence-electron chi connectivity index (χ2n) is 5.41. The van der Waals surface area contributed by atoms with Gasteiger partial charge in [0.25, 0.3) is 0 Å². The quantitative estimate of drug-likeness (QED) is 0.552. The third-order valence-corrected chi connectivity index (χ3v) is 3.72. The Kier molecular flexibility index (Phi) is 7.31. The first-order chi connectivity index (χ1) is 9.60. The third kappa shape index (κ3) is 4.97. The Bertz CT molecular complexity index is 392. The van der Waals surface area contributed by atoms with Crippen molar-refractivity contribution in [2.24, 2.45) is 0 Å². The molecule has 3 nitrogen and oxygen atoms in total. The highest BCUT2D eigenvalue weighted by molar-refractivity contribution is 6.00. The van der Waals surface area contributed by atoms with E-state index in [-0.39, 0.29) is 11.8 Å². The molecule has 1 unspecified atom stereocenters. The maximum absolute atomic E-state index is 12.5. The summed E-state index contributed by atoms with van der Waals surface area (Å²) in [7, 11) is 0. The fraction of sp³-hybridized carbons (Fsp3) is 0.588. The van der Waals surface area contributed by atoms with E-state index in [1.54, 1.807) is 12.1 Å². The zero-order chi connectivity index (χ0) is 15.0. The van der Waals surface area contributed by atoms with Gasteiger partial charge in [0.15, 0.2) is 5.78 Å². The summed E-state index contributed by atoms with van der Waals surface area (Å²) in [5.41, 5.74) is 7.12. The molecule has 1 rings (SSSR count). The van der Waals surface area contributed by atoms with Gasteiger partial charge in [-0.2, -0.15) is 0 Å². The summed E-state index contributed by atoms with van der Waals surface area (Å²) in [6.45, 7) is 8.38. The van der Waals surface area contributed by atoms with Gasteiger partial charge in [-0.05, 0) is 57.1 Å². The van der Waals surface area contributed by atoms with Crippen molar-refractivity contribution in [3.05, 3.63) is 29.8 Å². The molecular formula is C17H28N2O. The Morgan fingerprint density at radius 1 is 1.10 bits per heavy atom. The van der Waals surface area contributed by atoms with Gasteiger partial charge in [0, 0.05) is 11.3 Å². The number of benzene rings is 1. The van der Waals surface area contributed by atoms with E-state index in [1.807, 2.05) is 19.1 Å². The molecule has 0 heterocycles. The minimum Gasteiger partial charge on any atom is -0.399 e. The van der Waals surface area contributed by atoms with Crippen LogP contribution in [0.5, 0.6) is 0 Å². The average molecular weight is 276 g/mol. The average Bonchev–Trinajstić information content (AvgIpc) is 2.47. The van der Waals surface area contributed by atoms with E-state index in [2.05, 4.69) is 18.7 Å². The number of hydrogen-bond donors (Lipinski definition) is 1. The number of carbonyl (C=O) groups excluding carboxylic acids is 1. The molecule has 0 aromatic heterocycles. The molecule has 3 heteroatoms. The number of anilines is 1. The van der Waals surface area contributed by atoms with E-state index in [0.717, 1.165) is 44.3 Å². The molecule has 1 aromatic rings. The monoisotopic (exact) mass is 276 g/mol. The molecule has 0 aliphatic rings. The number of ketones is 1. The van der Waals surface area contributed by atoms with Gasteiger partial charge >= 0.3 is 0 Å². The van der Waals surface area contributed by atoms with Crippen LogP contribution in [0.25, 0.3) is 0 Å². The largest absolute Gasteiger partial charge is 0.399 e. The zero-order valence-electron chi connectivity index (χ0n) is 13.1. The maximum Gasteiger partial charge on any atom is 0.179 e. The minimum atomic E-state index is -0.0586. The lowest BCUT2D eigenvalue weighted by atomic mass is 10.0. The van der Waals surface area contributed by atoms with Gasteiger partial charge in [0.1, 0.15) is 0 Å². The van der Waals surface area contributed by atoms with Crippen LogP contribution in [0.15, 0.2) is 24.3 Å². The van der Waals surface area contributed by atoms with Gasteiger partial charge in [-0.25, -0.2) is 0 Å². The smallest absolute Gasteiger partial charge is 0.179 e. The van der Waals surface area contributed by atoms with E-state index in [1.165, 1.54) is 0 Å². The van der Waals surface area contributed by atoms with E-state index in [0.29, 0.717) is 5.69 Å². The van der Waals surface area contributed by atoms with Crippen molar-refractivity contribution < 1.29 is 4.79 Å². The number of nitrogens with zero attached hydrogens (tertiary/aromatic N) is 1. The van der Waals surface area contributed by atoms with Crippen LogP contribution >= 0.6 is 0 Å². The van der Waals surface area contributed by atoms with Gasteiger partial charge in [-0.3, -0.25) is 9.69 Å². The second kappa shape index (κ2) is 8.75. The molecule has 1 aromatic carbocycles. The number of rotatable bonds is 9. The highest BCUT2D eigenvalue weighted by Gasteiger charge is 2.21.